The molecule has 0 atom stereocenters. The van der Waals surface area contributed by atoms with Gasteiger partial charge in [-0.3, -0.25) is 4.79 Å². The molecule has 0 aliphatic rings. The second-order valence-corrected chi connectivity index (χ2v) is 6.63. The van der Waals surface area contributed by atoms with E-state index in [0.717, 1.165) is 11.1 Å². The predicted octanol–water partition coefficient (Wildman–Crippen LogP) is 3.81. The van der Waals surface area contributed by atoms with Crippen LogP contribution >= 0.6 is 11.8 Å². The summed E-state index contributed by atoms with van der Waals surface area (Å²) in [5, 5.41) is 3.55. The molecule has 1 N–H and O–H groups in total. The van der Waals surface area contributed by atoms with Crippen LogP contribution < -0.4 is 14.8 Å². The van der Waals surface area contributed by atoms with Crippen LogP contribution in [0.3, 0.4) is 0 Å². The summed E-state index contributed by atoms with van der Waals surface area (Å²) in [6.07, 6.45) is 3.48. The Kier molecular flexibility index (Phi) is 6.49. The Bertz CT molecular complexity index is 964. The van der Waals surface area contributed by atoms with E-state index in [4.69, 9.17) is 9.47 Å². The largest absolute Gasteiger partial charge is 0.493 e. The fraction of sp³-hybridized carbons (Fsp3) is 0.190. The highest BCUT2D eigenvalue weighted by atomic mass is 32.2. The van der Waals surface area contributed by atoms with E-state index in [9.17, 15) is 4.79 Å². The third-order valence-corrected chi connectivity index (χ3v) is 4.70. The van der Waals surface area contributed by atoms with Gasteiger partial charge in [-0.2, -0.15) is 0 Å². The van der Waals surface area contributed by atoms with Crippen LogP contribution in [0.1, 0.15) is 15.9 Å². The number of thioether (sulfide) groups is 1. The van der Waals surface area contributed by atoms with Crippen molar-refractivity contribution in [3.8, 4) is 22.8 Å². The number of aromatic nitrogens is 2. The molecule has 1 heterocycles. The van der Waals surface area contributed by atoms with E-state index in [-0.39, 0.29) is 5.91 Å². The molecule has 3 rings (SSSR count). The minimum absolute atomic E-state index is 0.235. The van der Waals surface area contributed by atoms with Crippen LogP contribution in [0.25, 0.3) is 11.3 Å². The van der Waals surface area contributed by atoms with Crippen molar-refractivity contribution >= 4 is 17.7 Å². The normalized spacial score (nSPS) is 10.4. The van der Waals surface area contributed by atoms with Crippen molar-refractivity contribution in [3.63, 3.8) is 0 Å². The highest BCUT2D eigenvalue weighted by Crippen LogP contribution is 2.28. The molecule has 0 fully saturated rings. The Morgan fingerprint density at radius 1 is 1.07 bits per heavy atom. The quantitative estimate of drug-likeness (QED) is 0.484. The number of nitrogens with one attached hydrogen (secondary N) is 1. The van der Waals surface area contributed by atoms with Crippen LogP contribution in [0, 0.1) is 0 Å². The first-order valence-electron chi connectivity index (χ1n) is 8.61. The summed E-state index contributed by atoms with van der Waals surface area (Å²) < 4.78 is 10.6. The molecule has 144 valence electrons. The number of rotatable bonds is 7. The second kappa shape index (κ2) is 9.23. The first-order chi connectivity index (χ1) is 13.7. The van der Waals surface area contributed by atoms with Gasteiger partial charge in [0.05, 0.1) is 25.5 Å². The molecule has 0 aliphatic carbocycles. The van der Waals surface area contributed by atoms with Crippen LogP contribution in [0.5, 0.6) is 11.5 Å². The molecule has 0 saturated carbocycles. The van der Waals surface area contributed by atoms with Crippen LogP contribution in [0.15, 0.2) is 59.9 Å². The van der Waals surface area contributed by atoms with Gasteiger partial charge in [-0.25, -0.2) is 9.97 Å². The number of carbonyl (C=O) groups is 1. The Hall–Kier alpha value is -3.06. The van der Waals surface area contributed by atoms with Crippen LogP contribution in [0.4, 0.5) is 0 Å². The van der Waals surface area contributed by atoms with E-state index in [2.05, 4.69) is 15.3 Å². The maximum Gasteiger partial charge on any atom is 0.255 e. The van der Waals surface area contributed by atoms with E-state index in [0.29, 0.717) is 34.5 Å². The first kappa shape index (κ1) is 19.7. The van der Waals surface area contributed by atoms with Gasteiger partial charge in [0.2, 0.25) is 0 Å². The van der Waals surface area contributed by atoms with Crippen LogP contribution in [0.2, 0.25) is 0 Å². The Morgan fingerprint density at radius 2 is 1.82 bits per heavy atom. The SMILES string of the molecule is COc1ccc(CNC(=O)c2cnc(SC)nc2-c2ccccc2)cc1OC. The molecule has 2 aromatic carbocycles. The summed E-state index contributed by atoms with van der Waals surface area (Å²) in [6.45, 7) is 0.345. The van der Waals surface area contributed by atoms with E-state index in [1.165, 1.54) is 11.8 Å². The maximum atomic E-state index is 12.8. The smallest absolute Gasteiger partial charge is 0.255 e. The van der Waals surface area contributed by atoms with Crippen molar-refractivity contribution < 1.29 is 14.3 Å². The zero-order chi connectivity index (χ0) is 19.9. The van der Waals surface area contributed by atoms with Crippen LogP contribution in [-0.2, 0) is 6.54 Å². The van der Waals surface area contributed by atoms with Gasteiger partial charge in [-0.1, -0.05) is 48.2 Å². The minimum atomic E-state index is -0.235. The molecule has 0 spiro atoms. The lowest BCUT2D eigenvalue weighted by molar-refractivity contribution is 0.0950. The Balaban J connectivity index is 1.83. The van der Waals surface area contributed by atoms with E-state index in [1.54, 1.807) is 20.4 Å². The molecule has 1 amide bonds. The van der Waals surface area contributed by atoms with Gasteiger partial charge in [0.25, 0.3) is 5.91 Å². The summed E-state index contributed by atoms with van der Waals surface area (Å²) >= 11 is 1.44. The molecule has 3 aromatic rings. The summed E-state index contributed by atoms with van der Waals surface area (Å²) in [5.74, 6) is 1.03. The van der Waals surface area contributed by atoms with Gasteiger partial charge >= 0.3 is 0 Å². The summed E-state index contributed by atoms with van der Waals surface area (Å²) in [6, 6.07) is 15.2. The molecule has 0 bridgehead atoms. The highest BCUT2D eigenvalue weighted by molar-refractivity contribution is 7.98. The molecule has 0 radical (unpaired) electrons. The highest BCUT2D eigenvalue weighted by Gasteiger charge is 2.16. The fourth-order valence-electron chi connectivity index (χ4n) is 2.71. The van der Waals surface area contributed by atoms with Crippen molar-refractivity contribution in [1.82, 2.24) is 15.3 Å². The summed E-state index contributed by atoms with van der Waals surface area (Å²) in [7, 11) is 3.17. The molecule has 0 unspecified atom stereocenters. The molecule has 1 aromatic heterocycles. The molecule has 28 heavy (non-hydrogen) atoms. The average molecular weight is 395 g/mol. The van der Waals surface area contributed by atoms with Gasteiger partial charge in [-0.15, -0.1) is 0 Å². The molecule has 0 aliphatic heterocycles. The van der Waals surface area contributed by atoms with Crippen molar-refractivity contribution in [1.29, 1.82) is 0 Å². The number of hydrogen-bond donors (Lipinski definition) is 1. The number of nitrogens with zero attached hydrogens (tertiary/aromatic N) is 2. The fourth-order valence-corrected chi connectivity index (χ4v) is 3.06. The molecular weight excluding hydrogens is 374 g/mol. The van der Waals surface area contributed by atoms with E-state index >= 15 is 0 Å². The molecule has 6 nitrogen and oxygen atoms in total. The van der Waals surface area contributed by atoms with E-state index in [1.807, 2.05) is 54.8 Å². The van der Waals surface area contributed by atoms with Crippen molar-refractivity contribution in [3.05, 3.63) is 65.9 Å². The molecule has 7 heteroatoms. The topological polar surface area (TPSA) is 73.3 Å². The maximum absolute atomic E-state index is 12.8. The van der Waals surface area contributed by atoms with Gasteiger partial charge < -0.3 is 14.8 Å². The average Bonchev–Trinajstić information content (AvgIpc) is 2.77. The Labute approximate surface area is 168 Å². The van der Waals surface area contributed by atoms with Gasteiger partial charge in [0.1, 0.15) is 0 Å². The number of benzene rings is 2. The lowest BCUT2D eigenvalue weighted by Gasteiger charge is -2.12. The monoisotopic (exact) mass is 395 g/mol. The third-order valence-electron chi connectivity index (χ3n) is 4.14. The predicted molar refractivity (Wildman–Crippen MR) is 110 cm³/mol. The summed E-state index contributed by atoms with van der Waals surface area (Å²) in [4.78, 5) is 21.6. The second-order valence-electron chi connectivity index (χ2n) is 5.86. The number of ether oxygens (including phenoxy) is 2. The lowest BCUT2D eigenvalue weighted by Crippen LogP contribution is -2.24. The molecular formula is C21H21N3O3S. The van der Waals surface area contributed by atoms with Crippen molar-refractivity contribution in [2.24, 2.45) is 0 Å². The number of carbonyl (C=O) groups excluding carboxylic acids is 1. The van der Waals surface area contributed by atoms with Crippen molar-refractivity contribution in [2.75, 3.05) is 20.5 Å². The number of amides is 1. The van der Waals surface area contributed by atoms with Gasteiger partial charge in [-0.05, 0) is 24.0 Å². The number of hydrogen-bond acceptors (Lipinski definition) is 6. The zero-order valence-electron chi connectivity index (χ0n) is 15.9. The Morgan fingerprint density at radius 3 is 2.50 bits per heavy atom. The van der Waals surface area contributed by atoms with Gasteiger partial charge in [0.15, 0.2) is 16.7 Å². The van der Waals surface area contributed by atoms with E-state index < -0.39 is 0 Å². The standard InChI is InChI=1S/C21H21N3O3S/c1-26-17-10-9-14(11-18(17)27-2)12-22-20(25)16-13-23-21(28-3)24-19(16)15-7-5-4-6-8-15/h4-11,13H,12H2,1-3H3,(H,22,25). The van der Waals surface area contributed by atoms with Crippen molar-refractivity contribution in [2.45, 2.75) is 11.7 Å². The summed E-state index contributed by atoms with van der Waals surface area (Å²) in [5.41, 5.74) is 2.82. The minimum Gasteiger partial charge on any atom is -0.493 e. The molecule has 0 saturated heterocycles. The third kappa shape index (κ3) is 4.43. The zero-order valence-corrected chi connectivity index (χ0v) is 16.7. The van der Waals surface area contributed by atoms with Crippen LogP contribution in [-0.4, -0.2) is 36.4 Å². The van der Waals surface area contributed by atoms with Gasteiger partial charge in [0, 0.05) is 18.3 Å². The first-order valence-corrected chi connectivity index (χ1v) is 9.84. The lowest BCUT2D eigenvalue weighted by atomic mass is 10.1. The number of methoxy groups -OCH3 is 2.